The Bertz CT molecular complexity index is 523. The number of morpholine rings is 1. The first-order valence-electron chi connectivity index (χ1n) is 5.47. The van der Waals surface area contributed by atoms with Crippen molar-refractivity contribution in [3.05, 3.63) is 30.1 Å². The third kappa shape index (κ3) is 2.51. The lowest BCUT2D eigenvalue weighted by atomic mass is 10.3. The maximum absolute atomic E-state index is 13.6. The summed E-state index contributed by atoms with van der Waals surface area (Å²) in [4.78, 5) is -0.318. The molecule has 18 heavy (non-hydrogen) atoms. The molecule has 0 N–H and O–H groups in total. The molecular formula is C11H13ClFNO3S. The quantitative estimate of drug-likeness (QED) is 0.793. The minimum absolute atomic E-state index is 0.119. The first kappa shape index (κ1) is 13.7. The number of halogens is 2. The second-order valence-corrected chi connectivity index (χ2v) is 6.10. The van der Waals surface area contributed by atoms with Gasteiger partial charge in [-0.1, -0.05) is 12.1 Å². The second-order valence-electron chi connectivity index (χ2n) is 3.93. The SMILES string of the molecule is O=S(=O)(c1ccccc1F)N1CCOCC1CCl. The van der Waals surface area contributed by atoms with E-state index in [4.69, 9.17) is 16.3 Å². The van der Waals surface area contributed by atoms with Crippen LogP contribution in [0.2, 0.25) is 0 Å². The zero-order chi connectivity index (χ0) is 13.2. The Morgan fingerprint density at radius 1 is 1.44 bits per heavy atom. The lowest BCUT2D eigenvalue weighted by molar-refractivity contribution is 0.0403. The van der Waals surface area contributed by atoms with E-state index in [9.17, 15) is 12.8 Å². The summed E-state index contributed by atoms with van der Waals surface area (Å²) in [6.07, 6.45) is 0. The van der Waals surface area contributed by atoms with Crippen molar-refractivity contribution in [2.24, 2.45) is 0 Å². The Kier molecular flexibility index (Phi) is 4.21. The third-order valence-electron chi connectivity index (χ3n) is 2.77. The number of hydrogen-bond acceptors (Lipinski definition) is 3. The van der Waals surface area contributed by atoms with Crippen LogP contribution in [0.5, 0.6) is 0 Å². The van der Waals surface area contributed by atoms with Gasteiger partial charge in [-0.25, -0.2) is 12.8 Å². The van der Waals surface area contributed by atoms with Crippen molar-refractivity contribution in [3.8, 4) is 0 Å². The van der Waals surface area contributed by atoms with E-state index in [0.29, 0.717) is 6.61 Å². The van der Waals surface area contributed by atoms with Crippen LogP contribution >= 0.6 is 11.6 Å². The number of benzene rings is 1. The van der Waals surface area contributed by atoms with E-state index in [2.05, 4.69) is 0 Å². The summed E-state index contributed by atoms with van der Waals surface area (Å²) in [5.74, 6) is -0.634. The molecule has 1 saturated heterocycles. The monoisotopic (exact) mass is 293 g/mol. The highest BCUT2D eigenvalue weighted by Crippen LogP contribution is 2.23. The van der Waals surface area contributed by atoms with E-state index in [1.165, 1.54) is 22.5 Å². The fraction of sp³-hybridized carbons (Fsp3) is 0.455. The molecule has 1 unspecified atom stereocenters. The topological polar surface area (TPSA) is 46.6 Å². The zero-order valence-electron chi connectivity index (χ0n) is 9.55. The highest BCUT2D eigenvalue weighted by molar-refractivity contribution is 7.89. The summed E-state index contributed by atoms with van der Waals surface area (Å²) >= 11 is 5.73. The highest BCUT2D eigenvalue weighted by atomic mass is 35.5. The molecule has 0 spiro atoms. The molecule has 1 aliphatic heterocycles. The minimum atomic E-state index is -3.86. The molecule has 1 atom stereocenters. The third-order valence-corrected chi connectivity index (χ3v) is 5.12. The molecule has 0 aromatic heterocycles. The lowest BCUT2D eigenvalue weighted by Gasteiger charge is -2.33. The summed E-state index contributed by atoms with van der Waals surface area (Å²) in [6, 6.07) is 4.87. The maximum atomic E-state index is 13.6. The average Bonchev–Trinajstić information content (AvgIpc) is 2.39. The van der Waals surface area contributed by atoms with Gasteiger partial charge in [0.05, 0.1) is 19.3 Å². The molecule has 0 saturated carbocycles. The van der Waals surface area contributed by atoms with Gasteiger partial charge in [-0.05, 0) is 12.1 Å². The molecule has 1 aromatic carbocycles. The van der Waals surface area contributed by atoms with Gasteiger partial charge in [-0.15, -0.1) is 11.6 Å². The standard InChI is InChI=1S/C11H13ClFNO3S/c12-7-9-8-17-6-5-14(9)18(15,16)11-4-2-1-3-10(11)13/h1-4,9H,5-8H2. The van der Waals surface area contributed by atoms with Gasteiger partial charge in [0.1, 0.15) is 10.7 Å². The summed E-state index contributed by atoms with van der Waals surface area (Å²) in [5.41, 5.74) is 0. The van der Waals surface area contributed by atoms with Gasteiger partial charge in [-0.2, -0.15) is 4.31 Å². The molecule has 1 aliphatic rings. The van der Waals surface area contributed by atoms with E-state index >= 15 is 0 Å². The molecule has 4 nitrogen and oxygen atoms in total. The molecule has 1 fully saturated rings. The van der Waals surface area contributed by atoms with E-state index in [0.717, 1.165) is 6.07 Å². The van der Waals surface area contributed by atoms with Crippen LogP contribution in [0, 0.1) is 5.82 Å². The van der Waals surface area contributed by atoms with Gasteiger partial charge < -0.3 is 4.74 Å². The molecule has 1 heterocycles. The highest BCUT2D eigenvalue weighted by Gasteiger charge is 2.34. The van der Waals surface area contributed by atoms with Crippen LogP contribution in [0.25, 0.3) is 0 Å². The minimum Gasteiger partial charge on any atom is -0.378 e. The first-order valence-corrected chi connectivity index (χ1v) is 7.45. The van der Waals surface area contributed by atoms with Gasteiger partial charge in [0.15, 0.2) is 0 Å². The van der Waals surface area contributed by atoms with Crippen molar-refractivity contribution in [1.82, 2.24) is 4.31 Å². The Morgan fingerprint density at radius 2 is 2.17 bits per heavy atom. The van der Waals surface area contributed by atoms with Crippen molar-refractivity contribution in [3.63, 3.8) is 0 Å². The van der Waals surface area contributed by atoms with Crippen molar-refractivity contribution in [1.29, 1.82) is 0 Å². The van der Waals surface area contributed by atoms with Crippen molar-refractivity contribution in [2.75, 3.05) is 25.6 Å². The lowest BCUT2D eigenvalue weighted by Crippen LogP contribution is -2.49. The van der Waals surface area contributed by atoms with Gasteiger partial charge in [0, 0.05) is 12.4 Å². The smallest absolute Gasteiger partial charge is 0.246 e. The van der Waals surface area contributed by atoms with Crippen LogP contribution in [-0.2, 0) is 14.8 Å². The summed E-state index contributed by atoms with van der Waals surface area (Å²) in [7, 11) is -3.86. The Hall–Kier alpha value is -0.690. The molecule has 0 bridgehead atoms. The fourth-order valence-electron chi connectivity index (χ4n) is 1.86. The average molecular weight is 294 g/mol. The second kappa shape index (κ2) is 5.52. The van der Waals surface area contributed by atoms with E-state index in [1.54, 1.807) is 0 Å². The van der Waals surface area contributed by atoms with Crippen LogP contribution in [0.3, 0.4) is 0 Å². The van der Waals surface area contributed by atoms with Crippen LogP contribution in [0.4, 0.5) is 4.39 Å². The summed E-state index contributed by atoms with van der Waals surface area (Å²) < 4.78 is 44.7. The fourth-order valence-corrected chi connectivity index (χ4v) is 3.86. The predicted octanol–water partition coefficient (Wildman–Crippen LogP) is 1.45. The van der Waals surface area contributed by atoms with Gasteiger partial charge in [-0.3, -0.25) is 0 Å². The molecule has 1 aromatic rings. The van der Waals surface area contributed by atoms with Crippen LogP contribution < -0.4 is 0 Å². The number of ether oxygens (including phenoxy) is 1. The Morgan fingerprint density at radius 3 is 2.83 bits per heavy atom. The maximum Gasteiger partial charge on any atom is 0.246 e. The summed E-state index contributed by atoms with van der Waals surface area (Å²) in [5, 5.41) is 0. The van der Waals surface area contributed by atoms with Gasteiger partial charge in [0.2, 0.25) is 10.0 Å². The zero-order valence-corrected chi connectivity index (χ0v) is 11.1. The molecule has 2 rings (SSSR count). The number of nitrogens with zero attached hydrogens (tertiary/aromatic N) is 1. The van der Waals surface area contributed by atoms with E-state index in [1.807, 2.05) is 0 Å². The molecule has 0 aliphatic carbocycles. The van der Waals surface area contributed by atoms with Crippen molar-refractivity contribution in [2.45, 2.75) is 10.9 Å². The van der Waals surface area contributed by atoms with Crippen LogP contribution in [0.15, 0.2) is 29.2 Å². The van der Waals surface area contributed by atoms with Crippen LogP contribution in [0.1, 0.15) is 0 Å². The number of hydrogen-bond donors (Lipinski definition) is 0. The van der Waals surface area contributed by atoms with Gasteiger partial charge >= 0.3 is 0 Å². The molecule has 100 valence electrons. The summed E-state index contributed by atoms with van der Waals surface area (Å²) in [6.45, 7) is 0.715. The molecule has 0 amide bonds. The molecule has 0 radical (unpaired) electrons. The Labute approximate surface area is 110 Å². The Balaban J connectivity index is 2.39. The van der Waals surface area contributed by atoms with Crippen molar-refractivity contribution >= 4 is 21.6 Å². The van der Waals surface area contributed by atoms with E-state index in [-0.39, 0.29) is 23.9 Å². The van der Waals surface area contributed by atoms with Crippen molar-refractivity contribution < 1.29 is 17.5 Å². The number of rotatable bonds is 3. The van der Waals surface area contributed by atoms with E-state index < -0.39 is 21.9 Å². The number of alkyl halides is 1. The first-order chi connectivity index (χ1) is 8.57. The number of sulfonamides is 1. The van der Waals surface area contributed by atoms with Crippen LogP contribution in [-0.4, -0.2) is 44.4 Å². The normalized spacial score (nSPS) is 22.0. The predicted molar refractivity (Wildman–Crippen MR) is 65.6 cm³/mol. The molecule has 7 heteroatoms. The molecular weight excluding hydrogens is 281 g/mol. The van der Waals surface area contributed by atoms with Gasteiger partial charge in [0.25, 0.3) is 0 Å². The largest absolute Gasteiger partial charge is 0.378 e.